The molecule has 0 bridgehead atoms. The topological polar surface area (TPSA) is 79.1 Å². The molecule has 1 fully saturated rings. The summed E-state index contributed by atoms with van der Waals surface area (Å²) in [4.78, 5) is 10.6. The zero-order valence-electron chi connectivity index (χ0n) is 12.4. The van der Waals surface area contributed by atoms with Crippen LogP contribution in [0.2, 0.25) is 0 Å². The van der Waals surface area contributed by atoms with E-state index in [-0.39, 0.29) is 11.8 Å². The van der Waals surface area contributed by atoms with Crippen molar-refractivity contribution in [1.82, 2.24) is 15.3 Å². The summed E-state index contributed by atoms with van der Waals surface area (Å²) < 4.78 is 13.7. The van der Waals surface area contributed by atoms with Gasteiger partial charge in [0, 0.05) is 25.2 Å². The smallest absolute Gasteiger partial charge is 0.223 e. The molecule has 3 rings (SSSR count). The number of nitrogens with one attached hydrogen (secondary N) is 2. The van der Waals surface area contributed by atoms with E-state index in [0.717, 1.165) is 25.3 Å². The molecule has 1 saturated heterocycles. The fraction of sp³-hybridized carbons (Fsp3) is 0.333. The van der Waals surface area contributed by atoms with Crippen molar-refractivity contribution in [2.75, 3.05) is 36.1 Å². The third kappa shape index (κ3) is 3.09. The summed E-state index contributed by atoms with van der Waals surface area (Å²) in [6.45, 7) is 1.77. The third-order valence-corrected chi connectivity index (χ3v) is 3.79. The van der Waals surface area contributed by atoms with E-state index >= 15 is 0 Å². The van der Waals surface area contributed by atoms with Crippen LogP contribution in [0.1, 0.15) is 6.42 Å². The van der Waals surface area contributed by atoms with Crippen molar-refractivity contribution in [3.05, 3.63) is 36.1 Å². The van der Waals surface area contributed by atoms with Gasteiger partial charge >= 0.3 is 0 Å². The van der Waals surface area contributed by atoms with Crippen LogP contribution >= 0.6 is 0 Å². The van der Waals surface area contributed by atoms with E-state index in [1.807, 2.05) is 7.05 Å². The van der Waals surface area contributed by atoms with Crippen LogP contribution < -0.4 is 21.3 Å². The highest BCUT2D eigenvalue weighted by Gasteiger charge is 2.22. The number of aromatic nitrogens is 2. The normalized spacial score (nSPS) is 17.7. The number of hydrogen-bond acceptors (Lipinski definition) is 6. The molecule has 0 amide bonds. The largest absolute Gasteiger partial charge is 0.368 e. The van der Waals surface area contributed by atoms with Crippen molar-refractivity contribution in [3.8, 4) is 0 Å². The molecule has 116 valence electrons. The van der Waals surface area contributed by atoms with Crippen LogP contribution in [0.4, 0.5) is 27.7 Å². The van der Waals surface area contributed by atoms with E-state index in [0.29, 0.717) is 17.5 Å². The zero-order valence-corrected chi connectivity index (χ0v) is 12.4. The van der Waals surface area contributed by atoms with E-state index in [4.69, 9.17) is 5.73 Å². The highest BCUT2D eigenvalue weighted by atomic mass is 19.1. The second-order valence-electron chi connectivity index (χ2n) is 5.29. The predicted molar refractivity (Wildman–Crippen MR) is 85.8 cm³/mol. The average molecular weight is 302 g/mol. The average Bonchev–Trinajstić information content (AvgIpc) is 2.98. The number of anilines is 4. The lowest BCUT2D eigenvalue weighted by atomic mass is 10.3. The van der Waals surface area contributed by atoms with Crippen molar-refractivity contribution in [2.24, 2.45) is 0 Å². The Morgan fingerprint density at radius 2 is 2.14 bits per heavy atom. The second kappa shape index (κ2) is 6.15. The maximum absolute atomic E-state index is 13.7. The van der Waals surface area contributed by atoms with Crippen LogP contribution in [-0.4, -0.2) is 36.1 Å². The fourth-order valence-corrected chi connectivity index (χ4v) is 2.58. The molecule has 1 aromatic carbocycles. The van der Waals surface area contributed by atoms with Gasteiger partial charge in [-0.2, -0.15) is 9.97 Å². The van der Waals surface area contributed by atoms with Crippen LogP contribution in [0.3, 0.4) is 0 Å². The fourth-order valence-electron chi connectivity index (χ4n) is 2.58. The van der Waals surface area contributed by atoms with Gasteiger partial charge in [0.25, 0.3) is 0 Å². The number of rotatable bonds is 4. The lowest BCUT2D eigenvalue weighted by molar-refractivity contribution is 0.616. The number of nitrogens with zero attached hydrogens (tertiary/aromatic N) is 3. The van der Waals surface area contributed by atoms with Gasteiger partial charge in [-0.05, 0) is 25.6 Å². The molecule has 6 nitrogen and oxygen atoms in total. The summed E-state index contributed by atoms with van der Waals surface area (Å²) in [7, 11) is 1.95. The van der Waals surface area contributed by atoms with Crippen LogP contribution in [0, 0.1) is 5.82 Å². The van der Waals surface area contributed by atoms with E-state index in [9.17, 15) is 4.39 Å². The van der Waals surface area contributed by atoms with Gasteiger partial charge in [-0.15, -0.1) is 0 Å². The van der Waals surface area contributed by atoms with E-state index in [2.05, 4.69) is 25.5 Å². The number of likely N-dealkylation sites (N-methyl/N-ethyl adjacent to an activating group) is 1. The molecule has 0 radical (unpaired) electrons. The maximum Gasteiger partial charge on any atom is 0.223 e. The molecule has 1 aromatic heterocycles. The molecule has 0 saturated carbocycles. The number of nitrogens with two attached hydrogens (primary N) is 1. The second-order valence-corrected chi connectivity index (χ2v) is 5.29. The minimum Gasteiger partial charge on any atom is -0.368 e. The quantitative estimate of drug-likeness (QED) is 0.798. The van der Waals surface area contributed by atoms with Gasteiger partial charge in [0.05, 0.1) is 5.69 Å². The first kappa shape index (κ1) is 14.5. The van der Waals surface area contributed by atoms with Gasteiger partial charge in [0.1, 0.15) is 17.5 Å². The van der Waals surface area contributed by atoms with E-state index < -0.39 is 0 Å². The Hall–Kier alpha value is -2.41. The van der Waals surface area contributed by atoms with E-state index in [1.54, 1.807) is 24.3 Å². The van der Waals surface area contributed by atoms with Crippen molar-refractivity contribution >= 4 is 23.3 Å². The molecule has 4 N–H and O–H groups in total. The summed E-state index contributed by atoms with van der Waals surface area (Å²) >= 11 is 0. The molecule has 0 aliphatic carbocycles. The third-order valence-electron chi connectivity index (χ3n) is 3.79. The minimum absolute atomic E-state index is 0.171. The van der Waals surface area contributed by atoms with Crippen LogP contribution in [0.25, 0.3) is 0 Å². The summed E-state index contributed by atoms with van der Waals surface area (Å²) in [5.74, 6) is 1.08. The van der Waals surface area contributed by atoms with Gasteiger partial charge < -0.3 is 21.3 Å². The van der Waals surface area contributed by atoms with Gasteiger partial charge in [-0.25, -0.2) is 4.39 Å². The summed E-state index contributed by atoms with van der Waals surface area (Å²) in [6, 6.07) is 8.68. The first-order valence-corrected chi connectivity index (χ1v) is 7.24. The van der Waals surface area contributed by atoms with Crippen molar-refractivity contribution in [1.29, 1.82) is 0 Å². The molecule has 1 atom stereocenters. The highest BCUT2D eigenvalue weighted by Crippen LogP contribution is 2.24. The van der Waals surface area contributed by atoms with Crippen molar-refractivity contribution in [3.63, 3.8) is 0 Å². The molecule has 0 spiro atoms. The highest BCUT2D eigenvalue weighted by molar-refractivity contribution is 5.61. The van der Waals surface area contributed by atoms with Gasteiger partial charge in [0.15, 0.2) is 0 Å². The molecule has 22 heavy (non-hydrogen) atoms. The standard InChI is InChI=1S/C15H19FN6/c1-18-10-6-7-22(9-10)14-8-13(20-15(17)21-14)19-12-5-3-2-4-11(12)16/h2-5,8,10,18H,6-7,9H2,1H3,(H3,17,19,20,21)/t10-/m0/s1. The zero-order chi connectivity index (χ0) is 15.5. The van der Waals surface area contributed by atoms with Gasteiger partial charge in [0.2, 0.25) is 5.95 Å². The summed E-state index contributed by atoms with van der Waals surface area (Å²) in [5.41, 5.74) is 6.15. The van der Waals surface area contributed by atoms with Crippen molar-refractivity contribution < 1.29 is 4.39 Å². The summed E-state index contributed by atoms with van der Waals surface area (Å²) in [5, 5.41) is 6.21. The first-order valence-electron chi connectivity index (χ1n) is 7.24. The number of benzene rings is 1. The molecule has 2 aromatic rings. The monoisotopic (exact) mass is 302 g/mol. The first-order chi connectivity index (χ1) is 10.7. The van der Waals surface area contributed by atoms with Crippen LogP contribution in [-0.2, 0) is 0 Å². The summed E-state index contributed by atoms with van der Waals surface area (Å²) in [6.07, 6.45) is 1.05. The SMILES string of the molecule is CN[C@H]1CCN(c2cc(Nc3ccccc3F)nc(N)n2)C1. The maximum atomic E-state index is 13.7. The molecule has 7 heteroatoms. The predicted octanol–water partition coefficient (Wildman–Crippen LogP) is 1.74. The molecule has 1 aliphatic rings. The van der Waals surface area contributed by atoms with Gasteiger partial charge in [-0.1, -0.05) is 12.1 Å². The molecule has 1 aliphatic heterocycles. The number of halogens is 1. The Morgan fingerprint density at radius 3 is 2.86 bits per heavy atom. The lowest BCUT2D eigenvalue weighted by Gasteiger charge is -2.18. The van der Waals surface area contributed by atoms with Crippen LogP contribution in [0.5, 0.6) is 0 Å². The van der Waals surface area contributed by atoms with Crippen molar-refractivity contribution in [2.45, 2.75) is 12.5 Å². The Kier molecular flexibility index (Phi) is 4.06. The molecule has 2 heterocycles. The number of hydrogen-bond donors (Lipinski definition) is 3. The Morgan fingerprint density at radius 1 is 1.32 bits per heavy atom. The molecule has 0 unspecified atom stereocenters. The number of nitrogen functional groups attached to an aromatic ring is 1. The molecular formula is C15H19FN6. The van der Waals surface area contributed by atoms with Gasteiger partial charge in [-0.3, -0.25) is 0 Å². The minimum atomic E-state index is -0.336. The lowest BCUT2D eigenvalue weighted by Crippen LogP contribution is -2.30. The van der Waals surface area contributed by atoms with E-state index in [1.165, 1.54) is 6.07 Å². The molecular weight excluding hydrogens is 283 g/mol. The Bertz CT molecular complexity index is 662. The number of para-hydroxylation sites is 1. The Labute approximate surface area is 128 Å². The Balaban J connectivity index is 1.83. The van der Waals surface area contributed by atoms with Crippen LogP contribution in [0.15, 0.2) is 30.3 Å².